The largest absolute Gasteiger partial charge is 0.497 e. The molecule has 1 heterocycles. The Hall–Kier alpha value is -2.30. The van der Waals surface area contributed by atoms with Gasteiger partial charge in [0, 0.05) is 11.6 Å². The van der Waals surface area contributed by atoms with Gasteiger partial charge in [-0.3, -0.25) is 4.79 Å². The van der Waals surface area contributed by atoms with Crippen LogP contribution in [0, 0.1) is 0 Å². The first-order chi connectivity index (χ1) is 7.70. The van der Waals surface area contributed by atoms with Crippen LogP contribution in [0.2, 0.25) is 0 Å². The van der Waals surface area contributed by atoms with E-state index in [9.17, 15) is 4.79 Å². The van der Waals surface area contributed by atoms with Gasteiger partial charge in [0.15, 0.2) is 0 Å². The van der Waals surface area contributed by atoms with E-state index in [4.69, 9.17) is 15.0 Å². The lowest BCUT2D eigenvalue weighted by molar-refractivity contribution is 0.0965. The number of rotatable bonds is 3. The number of nitrogens with zero attached hydrogens (tertiary/aromatic N) is 1. The number of hydrogen-bond acceptors (Lipinski definition) is 4. The maximum Gasteiger partial charge on any atom is 0.287 e. The van der Waals surface area contributed by atoms with Crippen LogP contribution in [0.5, 0.6) is 5.75 Å². The molecule has 0 unspecified atom stereocenters. The molecule has 0 fully saturated rings. The number of aromatic nitrogens is 1. The lowest BCUT2D eigenvalue weighted by Gasteiger charge is -2.00. The average molecular weight is 218 g/mol. The molecule has 16 heavy (non-hydrogen) atoms. The zero-order valence-corrected chi connectivity index (χ0v) is 8.64. The molecule has 0 spiro atoms. The van der Waals surface area contributed by atoms with E-state index in [2.05, 4.69) is 5.16 Å². The minimum Gasteiger partial charge on any atom is -0.497 e. The summed E-state index contributed by atoms with van der Waals surface area (Å²) in [6, 6.07) is 8.77. The lowest BCUT2D eigenvalue weighted by Crippen LogP contribution is -2.09. The number of carbonyl (C=O) groups is 1. The van der Waals surface area contributed by atoms with Crippen molar-refractivity contribution in [1.82, 2.24) is 5.16 Å². The molecule has 1 aromatic carbocycles. The van der Waals surface area contributed by atoms with Crippen LogP contribution in [0.1, 0.15) is 10.6 Å². The van der Waals surface area contributed by atoms with Crippen LogP contribution in [0.25, 0.3) is 11.3 Å². The second kappa shape index (κ2) is 4.06. The summed E-state index contributed by atoms with van der Waals surface area (Å²) < 4.78 is 9.87. The molecule has 0 bridgehead atoms. The Bertz CT molecular complexity index is 519. The highest BCUT2D eigenvalue weighted by molar-refractivity contribution is 5.90. The Morgan fingerprint density at radius 1 is 1.44 bits per heavy atom. The molecule has 2 aromatic rings. The van der Waals surface area contributed by atoms with Gasteiger partial charge in [0.1, 0.15) is 11.4 Å². The van der Waals surface area contributed by atoms with Crippen molar-refractivity contribution in [1.29, 1.82) is 0 Å². The third-order valence-electron chi connectivity index (χ3n) is 2.12. The van der Waals surface area contributed by atoms with E-state index in [0.29, 0.717) is 11.4 Å². The highest BCUT2D eigenvalue weighted by Crippen LogP contribution is 2.23. The second-order valence-electron chi connectivity index (χ2n) is 3.17. The van der Waals surface area contributed by atoms with Gasteiger partial charge >= 0.3 is 0 Å². The zero-order chi connectivity index (χ0) is 11.5. The fourth-order valence-electron chi connectivity index (χ4n) is 1.31. The summed E-state index contributed by atoms with van der Waals surface area (Å²) in [5, 5.41) is 3.75. The monoisotopic (exact) mass is 218 g/mol. The van der Waals surface area contributed by atoms with Gasteiger partial charge in [0.25, 0.3) is 5.91 Å². The number of carbonyl (C=O) groups excluding carboxylic acids is 1. The summed E-state index contributed by atoms with van der Waals surface area (Å²) in [6.07, 6.45) is 0. The van der Waals surface area contributed by atoms with Crippen LogP contribution < -0.4 is 10.5 Å². The molecular weight excluding hydrogens is 208 g/mol. The standard InChI is InChI=1S/C11H10N2O3/c1-15-8-4-2-3-7(5-8)9-6-10(11(12)14)16-13-9/h2-6H,1H3,(H2,12,14). The van der Waals surface area contributed by atoms with Crippen LogP contribution in [0.15, 0.2) is 34.9 Å². The lowest BCUT2D eigenvalue weighted by atomic mass is 10.1. The zero-order valence-electron chi connectivity index (χ0n) is 8.64. The molecular formula is C11H10N2O3. The van der Waals surface area contributed by atoms with Gasteiger partial charge in [-0.15, -0.1) is 0 Å². The Morgan fingerprint density at radius 3 is 2.88 bits per heavy atom. The maximum atomic E-state index is 10.8. The van der Waals surface area contributed by atoms with Gasteiger partial charge in [-0.05, 0) is 12.1 Å². The SMILES string of the molecule is COc1cccc(-c2cc(C(N)=O)on2)c1. The van der Waals surface area contributed by atoms with Crippen molar-refractivity contribution in [3.8, 4) is 17.0 Å². The topological polar surface area (TPSA) is 78.4 Å². The summed E-state index contributed by atoms with van der Waals surface area (Å²) >= 11 is 0. The quantitative estimate of drug-likeness (QED) is 0.845. The van der Waals surface area contributed by atoms with Gasteiger partial charge in [-0.1, -0.05) is 17.3 Å². The molecule has 0 saturated carbocycles. The average Bonchev–Trinajstić information content (AvgIpc) is 2.78. The molecule has 2 N–H and O–H groups in total. The molecule has 5 heteroatoms. The van der Waals surface area contributed by atoms with Crippen LogP contribution in [0.4, 0.5) is 0 Å². The number of nitrogens with two attached hydrogens (primary N) is 1. The first kappa shape index (κ1) is 10.2. The van der Waals surface area contributed by atoms with E-state index in [-0.39, 0.29) is 5.76 Å². The fraction of sp³-hybridized carbons (Fsp3) is 0.0909. The molecule has 1 aromatic heterocycles. The molecule has 0 atom stereocenters. The Labute approximate surface area is 91.8 Å². The summed E-state index contributed by atoms with van der Waals surface area (Å²) in [4.78, 5) is 10.8. The minimum atomic E-state index is -0.637. The number of amides is 1. The molecule has 0 aliphatic carbocycles. The molecule has 0 saturated heterocycles. The van der Waals surface area contributed by atoms with Crippen molar-refractivity contribution < 1.29 is 14.1 Å². The van der Waals surface area contributed by atoms with Crippen molar-refractivity contribution in [3.63, 3.8) is 0 Å². The van der Waals surface area contributed by atoms with Crippen molar-refractivity contribution >= 4 is 5.91 Å². The van der Waals surface area contributed by atoms with Crippen molar-refractivity contribution in [2.45, 2.75) is 0 Å². The Morgan fingerprint density at radius 2 is 2.25 bits per heavy atom. The highest BCUT2D eigenvalue weighted by Gasteiger charge is 2.10. The second-order valence-corrected chi connectivity index (χ2v) is 3.17. The number of primary amides is 1. The first-order valence-corrected chi connectivity index (χ1v) is 4.61. The van der Waals surface area contributed by atoms with Gasteiger partial charge in [0.05, 0.1) is 7.11 Å². The van der Waals surface area contributed by atoms with Gasteiger partial charge in [-0.2, -0.15) is 0 Å². The predicted molar refractivity (Wildman–Crippen MR) is 57.0 cm³/mol. The van der Waals surface area contributed by atoms with Crippen molar-refractivity contribution in [2.24, 2.45) is 5.73 Å². The Balaban J connectivity index is 2.38. The van der Waals surface area contributed by atoms with Crippen molar-refractivity contribution in [2.75, 3.05) is 7.11 Å². The minimum absolute atomic E-state index is 0.0396. The third kappa shape index (κ3) is 1.88. The van der Waals surface area contributed by atoms with E-state index in [1.165, 1.54) is 6.07 Å². The molecule has 82 valence electrons. The van der Waals surface area contributed by atoms with Crippen LogP contribution in [0.3, 0.4) is 0 Å². The molecule has 5 nitrogen and oxygen atoms in total. The fourth-order valence-corrected chi connectivity index (χ4v) is 1.31. The molecule has 0 aliphatic rings. The number of benzene rings is 1. The Kier molecular flexibility index (Phi) is 2.59. The van der Waals surface area contributed by atoms with Gasteiger partial charge in [0.2, 0.25) is 5.76 Å². The molecule has 0 aliphatic heterocycles. The van der Waals surface area contributed by atoms with Gasteiger partial charge < -0.3 is 15.0 Å². The van der Waals surface area contributed by atoms with E-state index in [1.54, 1.807) is 13.2 Å². The highest BCUT2D eigenvalue weighted by atomic mass is 16.5. The first-order valence-electron chi connectivity index (χ1n) is 4.61. The number of hydrogen-bond donors (Lipinski definition) is 1. The van der Waals surface area contributed by atoms with Crippen molar-refractivity contribution in [3.05, 3.63) is 36.1 Å². The maximum absolute atomic E-state index is 10.8. The van der Waals surface area contributed by atoms with E-state index in [1.807, 2.05) is 18.2 Å². The summed E-state index contributed by atoms with van der Waals surface area (Å²) in [6.45, 7) is 0. The predicted octanol–water partition coefficient (Wildman–Crippen LogP) is 1.45. The van der Waals surface area contributed by atoms with E-state index < -0.39 is 5.91 Å². The summed E-state index contributed by atoms with van der Waals surface area (Å²) in [5.41, 5.74) is 6.41. The smallest absolute Gasteiger partial charge is 0.287 e. The van der Waals surface area contributed by atoms with E-state index in [0.717, 1.165) is 5.56 Å². The van der Waals surface area contributed by atoms with Gasteiger partial charge in [-0.25, -0.2) is 0 Å². The molecule has 2 rings (SSSR count). The van der Waals surface area contributed by atoms with Crippen LogP contribution in [-0.2, 0) is 0 Å². The normalized spacial score (nSPS) is 10.1. The third-order valence-corrected chi connectivity index (χ3v) is 2.12. The van der Waals surface area contributed by atoms with Crippen LogP contribution in [-0.4, -0.2) is 18.2 Å². The summed E-state index contributed by atoms with van der Waals surface area (Å²) in [7, 11) is 1.58. The summed E-state index contributed by atoms with van der Waals surface area (Å²) in [5.74, 6) is 0.112. The molecule has 1 amide bonds. The van der Waals surface area contributed by atoms with E-state index >= 15 is 0 Å². The number of methoxy groups -OCH3 is 1. The molecule has 0 radical (unpaired) electrons. The van der Waals surface area contributed by atoms with Crippen LogP contribution >= 0.6 is 0 Å². The number of ether oxygens (including phenoxy) is 1.